The standard InChI is InChI=1S/C13H13ClF3N5O.C2H6/c1-7-10(14)19-11(8-6-18-21-9(8)13(15,16)17)20-12(7)22-2-4-23-5-3-22;1-2/h6H,2-5H2,1H3,(H,18,21);1-2H3. The van der Waals surface area contributed by atoms with Gasteiger partial charge in [0.25, 0.3) is 0 Å². The van der Waals surface area contributed by atoms with Crippen LogP contribution in [0.4, 0.5) is 19.0 Å². The SMILES string of the molecule is CC.Cc1c(Cl)nc(-c2cn[nH]c2C(F)(F)F)nc1N1CCOCC1. The molecule has 1 aliphatic heterocycles. The Kier molecular flexibility index (Phi) is 6.23. The van der Waals surface area contributed by atoms with Gasteiger partial charge in [-0.15, -0.1) is 0 Å². The van der Waals surface area contributed by atoms with E-state index in [1.807, 2.05) is 23.8 Å². The van der Waals surface area contributed by atoms with Gasteiger partial charge in [0.15, 0.2) is 11.5 Å². The highest BCUT2D eigenvalue weighted by molar-refractivity contribution is 6.30. The van der Waals surface area contributed by atoms with E-state index >= 15 is 0 Å². The Balaban J connectivity index is 0.00000109. The van der Waals surface area contributed by atoms with E-state index in [0.29, 0.717) is 37.7 Å². The topological polar surface area (TPSA) is 66.9 Å². The Morgan fingerprint density at radius 1 is 1.20 bits per heavy atom. The summed E-state index contributed by atoms with van der Waals surface area (Å²) in [6.45, 7) is 7.96. The van der Waals surface area contributed by atoms with Gasteiger partial charge >= 0.3 is 6.18 Å². The van der Waals surface area contributed by atoms with Gasteiger partial charge < -0.3 is 9.64 Å². The molecule has 3 heterocycles. The molecule has 0 saturated carbocycles. The van der Waals surface area contributed by atoms with E-state index in [1.54, 1.807) is 6.92 Å². The van der Waals surface area contributed by atoms with E-state index in [1.165, 1.54) is 0 Å². The Bertz CT molecular complexity index is 714. The summed E-state index contributed by atoms with van der Waals surface area (Å²) < 4.78 is 44.3. The zero-order valence-electron chi connectivity index (χ0n) is 14.1. The van der Waals surface area contributed by atoms with Crippen LogP contribution in [0.5, 0.6) is 0 Å². The molecule has 0 bridgehead atoms. The minimum absolute atomic E-state index is 0.108. The number of H-pyrrole nitrogens is 1. The van der Waals surface area contributed by atoms with Crippen LogP contribution in [0.25, 0.3) is 11.4 Å². The lowest BCUT2D eigenvalue weighted by atomic mass is 10.2. The van der Waals surface area contributed by atoms with E-state index in [-0.39, 0.29) is 16.5 Å². The normalized spacial score (nSPS) is 14.9. The smallest absolute Gasteiger partial charge is 0.378 e. The first kappa shape index (κ1) is 19.5. The van der Waals surface area contributed by atoms with Crippen molar-refractivity contribution in [3.8, 4) is 11.4 Å². The molecular weight excluding hydrogens is 359 g/mol. The van der Waals surface area contributed by atoms with Gasteiger partial charge in [-0.25, -0.2) is 9.97 Å². The van der Waals surface area contributed by atoms with Gasteiger partial charge in [-0.2, -0.15) is 18.3 Å². The van der Waals surface area contributed by atoms with Crippen molar-refractivity contribution < 1.29 is 17.9 Å². The van der Waals surface area contributed by atoms with Crippen molar-refractivity contribution in [3.63, 3.8) is 0 Å². The molecule has 1 aliphatic rings. The van der Waals surface area contributed by atoms with Crippen LogP contribution in [-0.4, -0.2) is 46.5 Å². The van der Waals surface area contributed by atoms with E-state index in [4.69, 9.17) is 16.3 Å². The molecule has 0 aromatic carbocycles. The van der Waals surface area contributed by atoms with Crippen molar-refractivity contribution in [1.82, 2.24) is 20.2 Å². The molecule has 0 amide bonds. The molecule has 1 N–H and O–H groups in total. The molecule has 0 radical (unpaired) electrons. The molecule has 25 heavy (non-hydrogen) atoms. The molecule has 138 valence electrons. The van der Waals surface area contributed by atoms with Gasteiger partial charge in [0.2, 0.25) is 0 Å². The fourth-order valence-electron chi connectivity index (χ4n) is 2.35. The van der Waals surface area contributed by atoms with E-state index in [0.717, 1.165) is 6.20 Å². The summed E-state index contributed by atoms with van der Waals surface area (Å²) in [5.41, 5.74) is -0.603. The summed E-state index contributed by atoms with van der Waals surface area (Å²) in [4.78, 5) is 10.2. The third kappa shape index (κ3) is 4.21. The van der Waals surface area contributed by atoms with Crippen molar-refractivity contribution in [2.24, 2.45) is 0 Å². The predicted octanol–water partition coefficient (Wildman–Crippen LogP) is 3.71. The van der Waals surface area contributed by atoms with Crippen molar-refractivity contribution >= 4 is 17.4 Å². The number of nitrogens with one attached hydrogen (secondary N) is 1. The summed E-state index contributed by atoms with van der Waals surface area (Å²) in [5, 5.41) is 5.52. The molecule has 0 unspecified atom stereocenters. The number of morpholine rings is 1. The van der Waals surface area contributed by atoms with Gasteiger partial charge in [-0.05, 0) is 6.92 Å². The number of rotatable bonds is 2. The maximum Gasteiger partial charge on any atom is 0.433 e. The molecule has 6 nitrogen and oxygen atoms in total. The molecule has 1 saturated heterocycles. The number of alkyl halides is 3. The highest BCUT2D eigenvalue weighted by Crippen LogP contribution is 2.36. The lowest BCUT2D eigenvalue weighted by Gasteiger charge is -2.29. The zero-order chi connectivity index (χ0) is 18.6. The maximum atomic E-state index is 13.0. The van der Waals surface area contributed by atoms with Gasteiger partial charge in [0.05, 0.1) is 25.0 Å². The van der Waals surface area contributed by atoms with E-state index in [9.17, 15) is 13.2 Å². The van der Waals surface area contributed by atoms with Crippen LogP contribution in [0.2, 0.25) is 5.15 Å². The van der Waals surface area contributed by atoms with Crippen LogP contribution in [-0.2, 0) is 10.9 Å². The van der Waals surface area contributed by atoms with Crippen LogP contribution in [0.3, 0.4) is 0 Å². The Labute approximate surface area is 148 Å². The fraction of sp³-hybridized carbons (Fsp3) is 0.533. The van der Waals surface area contributed by atoms with Crippen LogP contribution in [0, 0.1) is 6.92 Å². The van der Waals surface area contributed by atoms with Gasteiger partial charge in [-0.1, -0.05) is 25.4 Å². The maximum absolute atomic E-state index is 13.0. The molecule has 0 atom stereocenters. The van der Waals surface area contributed by atoms with Gasteiger partial charge in [0.1, 0.15) is 11.0 Å². The van der Waals surface area contributed by atoms with Crippen LogP contribution >= 0.6 is 11.6 Å². The molecule has 10 heteroatoms. The second-order valence-corrected chi connectivity index (χ2v) is 5.40. The minimum atomic E-state index is -4.58. The van der Waals surface area contributed by atoms with Crippen LogP contribution in [0.15, 0.2) is 6.20 Å². The van der Waals surface area contributed by atoms with Gasteiger partial charge in [0, 0.05) is 18.7 Å². The third-order valence-corrected chi connectivity index (χ3v) is 3.90. The number of halogens is 4. The number of aromatic nitrogens is 4. The second-order valence-electron chi connectivity index (χ2n) is 5.04. The lowest BCUT2D eigenvalue weighted by molar-refractivity contribution is -0.140. The molecule has 2 aromatic rings. The first-order chi connectivity index (χ1) is 11.9. The van der Waals surface area contributed by atoms with Gasteiger partial charge in [-0.3, -0.25) is 5.10 Å². The number of ether oxygens (including phenoxy) is 1. The van der Waals surface area contributed by atoms with Crippen molar-refractivity contribution in [2.75, 3.05) is 31.2 Å². The summed E-state index contributed by atoms with van der Waals surface area (Å²) in [7, 11) is 0. The molecule has 2 aromatic heterocycles. The second kappa shape index (κ2) is 8.01. The first-order valence-corrected chi connectivity index (χ1v) is 8.23. The van der Waals surface area contributed by atoms with E-state index in [2.05, 4.69) is 15.1 Å². The number of hydrogen-bond donors (Lipinski definition) is 1. The quantitative estimate of drug-likeness (QED) is 0.808. The van der Waals surface area contributed by atoms with Crippen LogP contribution < -0.4 is 4.90 Å². The number of anilines is 1. The zero-order valence-corrected chi connectivity index (χ0v) is 14.9. The van der Waals surface area contributed by atoms with E-state index < -0.39 is 11.9 Å². The minimum Gasteiger partial charge on any atom is -0.378 e. The molecule has 0 spiro atoms. The first-order valence-electron chi connectivity index (χ1n) is 7.85. The molecule has 0 aliphatic carbocycles. The van der Waals surface area contributed by atoms with Crippen LogP contribution in [0.1, 0.15) is 25.1 Å². The largest absolute Gasteiger partial charge is 0.433 e. The summed E-state index contributed by atoms with van der Waals surface area (Å²) in [5.74, 6) is 0.404. The third-order valence-electron chi connectivity index (χ3n) is 3.54. The summed E-state index contributed by atoms with van der Waals surface area (Å²) in [6.07, 6.45) is -3.53. The monoisotopic (exact) mass is 377 g/mol. The number of nitrogens with zero attached hydrogens (tertiary/aromatic N) is 4. The van der Waals surface area contributed by atoms with Crippen molar-refractivity contribution in [2.45, 2.75) is 26.9 Å². The fourth-order valence-corrected chi connectivity index (χ4v) is 2.52. The highest BCUT2D eigenvalue weighted by Gasteiger charge is 2.37. The molecule has 3 rings (SSSR count). The predicted molar refractivity (Wildman–Crippen MR) is 88.7 cm³/mol. The highest BCUT2D eigenvalue weighted by atomic mass is 35.5. The van der Waals surface area contributed by atoms with Crippen molar-refractivity contribution in [1.29, 1.82) is 0 Å². The average Bonchev–Trinajstić information content (AvgIpc) is 3.10. The Hall–Kier alpha value is -1.87. The average molecular weight is 378 g/mol. The van der Waals surface area contributed by atoms with Crippen molar-refractivity contribution in [3.05, 3.63) is 22.6 Å². The summed E-state index contributed by atoms with van der Waals surface area (Å²) >= 11 is 6.10. The molecule has 1 fully saturated rings. The Morgan fingerprint density at radius 3 is 2.44 bits per heavy atom. The summed E-state index contributed by atoms with van der Waals surface area (Å²) in [6, 6.07) is 0. The molecular formula is C15H19ClF3N5O. The lowest BCUT2D eigenvalue weighted by Crippen LogP contribution is -2.37. The number of aromatic amines is 1. The number of hydrogen-bond acceptors (Lipinski definition) is 5. The Morgan fingerprint density at radius 2 is 1.84 bits per heavy atom.